The van der Waals surface area contributed by atoms with Crippen molar-refractivity contribution in [2.24, 2.45) is 0 Å². The maximum atomic E-state index is 11.2. The quantitative estimate of drug-likeness (QED) is 0.757. The van der Waals surface area contributed by atoms with Crippen LogP contribution in [0.2, 0.25) is 0 Å². The molecule has 2 fully saturated rings. The summed E-state index contributed by atoms with van der Waals surface area (Å²) in [5, 5.41) is 3.38. The minimum atomic E-state index is -2.75. The van der Waals surface area contributed by atoms with Crippen LogP contribution in [0.25, 0.3) is 0 Å². The molecule has 5 nitrogen and oxygen atoms in total. The van der Waals surface area contributed by atoms with Crippen molar-refractivity contribution in [2.45, 2.75) is 31.4 Å². The van der Waals surface area contributed by atoms with Crippen LogP contribution in [0.1, 0.15) is 19.3 Å². The molecule has 6 heteroatoms. The van der Waals surface area contributed by atoms with Gasteiger partial charge in [-0.15, -0.1) is 0 Å². The van der Waals surface area contributed by atoms with Gasteiger partial charge in [-0.3, -0.25) is 0 Å². The van der Waals surface area contributed by atoms with E-state index in [2.05, 4.69) is 5.32 Å². The van der Waals surface area contributed by atoms with Crippen LogP contribution < -0.4 is 5.32 Å². The second-order valence-corrected chi connectivity index (χ2v) is 6.74. The van der Waals surface area contributed by atoms with E-state index in [9.17, 15) is 8.42 Å². The van der Waals surface area contributed by atoms with Crippen molar-refractivity contribution >= 4 is 9.84 Å². The number of nitrogens with one attached hydrogen (secondary N) is 1. The molecule has 1 atom stereocenters. The Bertz CT molecular complexity index is 297. The third-order valence-electron chi connectivity index (χ3n) is 3.16. The third kappa shape index (κ3) is 3.69. The van der Waals surface area contributed by atoms with E-state index in [0.29, 0.717) is 24.3 Å². The largest absolute Gasteiger partial charge is 0.355 e. The number of ether oxygens (including phenoxy) is 2. The van der Waals surface area contributed by atoms with Gasteiger partial charge in [0.25, 0.3) is 0 Å². The van der Waals surface area contributed by atoms with Gasteiger partial charge in [-0.25, -0.2) is 8.42 Å². The smallest absolute Gasteiger partial charge is 0.150 e. The molecular weight excluding hydrogens is 230 g/mol. The van der Waals surface area contributed by atoms with Gasteiger partial charge >= 0.3 is 0 Å². The Hall–Kier alpha value is -0.170. The molecule has 0 aromatic carbocycles. The van der Waals surface area contributed by atoms with E-state index < -0.39 is 9.84 Å². The van der Waals surface area contributed by atoms with Crippen LogP contribution in [-0.4, -0.2) is 52.0 Å². The molecule has 1 unspecified atom stereocenters. The van der Waals surface area contributed by atoms with Gasteiger partial charge < -0.3 is 14.8 Å². The van der Waals surface area contributed by atoms with Crippen molar-refractivity contribution in [1.29, 1.82) is 0 Å². The number of hydrogen-bond acceptors (Lipinski definition) is 5. The summed E-state index contributed by atoms with van der Waals surface area (Å²) in [7, 11) is -2.75. The molecule has 0 amide bonds. The van der Waals surface area contributed by atoms with Crippen molar-refractivity contribution in [3.8, 4) is 0 Å². The number of hydrogen-bond donors (Lipinski definition) is 1. The van der Waals surface area contributed by atoms with Crippen LogP contribution in [0.3, 0.4) is 0 Å². The predicted molar refractivity (Wildman–Crippen MR) is 60.0 cm³/mol. The Labute approximate surface area is 96.4 Å². The zero-order chi connectivity index (χ0) is 11.4. The number of sulfone groups is 1. The fraction of sp³-hybridized carbons (Fsp3) is 1.00. The van der Waals surface area contributed by atoms with Gasteiger partial charge in [0.2, 0.25) is 0 Å². The monoisotopic (exact) mass is 249 g/mol. The van der Waals surface area contributed by atoms with E-state index in [4.69, 9.17) is 9.47 Å². The van der Waals surface area contributed by atoms with E-state index in [0.717, 1.165) is 32.4 Å². The summed E-state index contributed by atoms with van der Waals surface area (Å²) in [6.07, 6.45) is 2.59. The SMILES string of the molecule is O=S1(=O)CCC(NCC2CCOCO2)CC1. The van der Waals surface area contributed by atoms with Crippen molar-refractivity contribution in [3.63, 3.8) is 0 Å². The zero-order valence-corrected chi connectivity index (χ0v) is 10.2. The molecule has 16 heavy (non-hydrogen) atoms. The van der Waals surface area contributed by atoms with Crippen LogP contribution in [0, 0.1) is 0 Å². The molecule has 0 aliphatic carbocycles. The van der Waals surface area contributed by atoms with E-state index in [-0.39, 0.29) is 6.10 Å². The third-order valence-corrected chi connectivity index (χ3v) is 4.88. The summed E-state index contributed by atoms with van der Waals surface area (Å²) >= 11 is 0. The average molecular weight is 249 g/mol. The first-order chi connectivity index (χ1) is 7.66. The highest BCUT2D eigenvalue weighted by atomic mass is 32.2. The normalized spacial score (nSPS) is 31.4. The van der Waals surface area contributed by atoms with Crippen molar-refractivity contribution < 1.29 is 17.9 Å². The molecule has 0 spiro atoms. The van der Waals surface area contributed by atoms with Gasteiger partial charge in [0.1, 0.15) is 16.6 Å². The molecule has 2 aliphatic heterocycles. The molecule has 94 valence electrons. The van der Waals surface area contributed by atoms with Gasteiger partial charge in [0.15, 0.2) is 0 Å². The van der Waals surface area contributed by atoms with Crippen LogP contribution >= 0.6 is 0 Å². The topological polar surface area (TPSA) is 64.6 Å². The van der Waals surface area contributed by atoms with Crippen molar-refractivity contribution in [1.82, 2.24) is 5.32 Å². The first kappa shape index (κ1) is 12.3. The summed E-state index contributed by atoms with van der Waals surface area (Å²) in [5.41, 5.74) is 0. The Kier molecular flexibility index (Phi) is 4.18. The first-order valence-corrected chi connectivity index (χ1v) is 7.61. The van der Waals surface area contributed by atoms with Gasteiger partial charge in [0.05, 0.1) is 24.2 Å². The summed E-state index contributed by atoms with van der Waals surface area (Å²) in [4.78, 5) is 0. The Morgan fingerprint density at radius 2 is 1.94 bits per heavy atom. The average Bonchev–Trinajstić information content (AvgIpc) is 2.29. The molecule has 0 saturated carbocycles. The Morgan fingerprint density at radius 1 is 1.19 bits per heavy atom. The van der Waals surface area contributed by atoms with Crippen molar-refractivity contribution in [3.05, 3.63) is 0 Å². The second-order valence-electron chi connectivity index (χ2n) is 4.44. The fourth-order valence-corrected chi connectivity index (χ4v) is 3.55. The predicted octanol–water partition coefficient (Wildman–Crippen LogP) is -0.0838. The molecular formula is C10H19NO4S. The van der Waals surface area contributed by atoms with Crippen LogP contribution in [0.15, 0.2) is 0 Å². The summed E-state index contributed by atoms with van der Waals surface area (Å²) in [5.74, 6) is 0.638. The highest BCUT2D eigenvalue weighted by molar-refractivity contribution is 7.91. The lowest BCUT2D eigenvalue weighted by molar-refractivity contribution is -0.137. The maximum absolute atomic E-state index is 11.2. The lowest BCUT2D eigenvalue weighted by Gasteiger charge is -2.27. The standard InChI is InChI=1S/C10H19NO4S/c12-16(13)5-2-9(3-6-16)11-7-10-1-4-14-8-15-10/h9-11H,1-8H2. The first-order valence-electron chi connectivity index (χ1n) is 5.79. The van der Waals surface area contributed by atoms with Crippen LogP contribution in [0.5, 0.6) is 0 Å². The minimum Gasteiger partial charge on any atom is -0.355 e. The van der Waals surface area contributed by atoms with E-state index >= 15 is 0 Å². The minimum absolute atomic E-state index is 0.215. The van der Waals surface area contributed by atoms with E-state index in [1.165, 1.54) is 0 Å². The zero-order valence-electron chi connectivity index (χ0n) is 9.35. The molecule has 2 aliphatic rings. The molecule has 1 N–H and O–H groups in total. The Morgan fingerprint density at radius 3 is 2.56 bits per heavy atom. The van der Waals surface area contributed by atoms with Gasteiger partial charge in [-0.1, -0.05) is 0 Å². The molecule has 2 saturated heterocycles. The lowest BCUT2D eigenvalue weighted by atomic mass is 10.1. The summed E-state index contributed by atoms with van der Waals surface area (Å²) in [6, 6.07) is 0.329. The lowest BCUT2D eigenvalue weighted by Crippen LogP contribution is -2.42. The Balaban J connectivity index is 1.67. The molecule has 0 aromatic rings. The second kappa shape index (κ2) is 5.44. The van der Waals surface area contributed by atoms with Gasteiger partial charge in [-0.05, 0) is 19.3 Å². The summed E-state index contributed by atoms with van der Waals surface area (Å²) < 4.78 is 33.0. The highest BCUT2D eigenvalue weighted by Gasteiger charge is 2.24. The molecule has 0 bridgehead atoms. The molecule has 0 aromatic heterocycles. The molecule has 2 rings (SSSR count). The number of rotatable bonds is 3. The summed E-state index contributed by atoms with van der Waals surface area (Å²) in [6.45, 7) is 1.94. The maximum Gasteiger partial charge on any atom is 0.150 e. The highest BCUT2D eigenvalue weighted by Crippen LogP contribution is 2.13. The van der Waals surface area contributed by atoms with Crippen LogP contribution in [0.4, 0.5) is 0 Å². The van der Waals surface area contributed by atoms with Crippen LogP contribution in [-0.2, 0) is 19.3 Å². The van der Waals surface area contributed by atoms with E-state index in [1.807, 2.05) is 0 Å². The fourth-order valence-electron chi connectivity index (χ4n) is 2.05. The van der Waals surface area contributed by atoms with E-state index in [1.54, 1.807) is 0 Å². The van der Waals surface area contributed by atoms with Gasteiger partial charge in [0, 0.05) is 12.6 Å². The van der Waals surface area contributed by atoms with Crippen molar-refractivity contribution in [2.75, 3.05) is 31.5 Å². The molecule has 2 heterocycles. The van der Waals surface area contributed by atoms with Gasteiger partial charge in [-0.2, -0.15) is 0 Å². The molecule has 0 radical (unpaired) electrons.